The van der Waals surface area contributed by atoms with Gasteiger partial charge >= 0.3 is 0 Å². The molecule has 0 aliphatic carbocycles. The molecule has 4 heteroatoms. The zero-order valence-electron chi connectivity index (χ0n) is 10.4. The van der Waals surface area contributed by atoms with Crippen molar-refractivity contribution >= 4 is 23.4 Å². The van der Waals surface area contributed by atoms with Crippen LogP contribution in [0.5, 0.6) is 0 Å². The molecule has 1 aromatic carbocycles. The molecule has 0 radical (unpaired) electrons. The van der Waals surface area contributed by atoms with E-state index in [0.29, 0.717) is 0 Å². The third-order valence-electron chi connectivity index (χ3n) is 3.55. The second-order valence-electron chi connectivity index (χ2n) is 4.91. The number of nitrogens with one attached hydrogen (secondary N) is 2. The number of carbonyl (C=O) groups is 1. The number of fused-ring (bicyclic) bond motifs is 1. The largest absolute Gasteiger partial charge is 0.325 e. The van der Waals surface area contributed by atoms with Crippen molar-refractivity contribution in [1.29, 1.82) is 0 Å². The molecule has 18 heavy (non-hydrogen) atoms. The van der Waals surface area contributed by atoms with Crippen LogP contribution in [0, 0.1) is 0 Å². The van der Waals surface area contributed by atoms with Gasteiger partial charge in [-0.3, -0.25) is 4.79 Å². The summed E-state index contributed by atoms with van der Waals surface area (Å²) in [5.41, 5.74) is 2.32. The van der Waals surface area contributed by atoms with Crippen LogP contribution >= 0.6 is 11.8 Å². The fraction of sp³-hybridized carbons (Fsp3) is 0.500. The first-order chi connectivity index (χ1) is 8.83. The molecule has 1 atom stereocenters. The van der Waals surface area contributed by atoms with Gasteiger partial charge in [0.2, 0.25) is 5.91 Å². The van der Waals surface area contributed by atoms with Crippen molar-refractivity contribution in [3.63, 3.8) is 0 Å². The Labute approximate surface area is 112 Å². The molecule has 1 saturated heterocycles. The average molecular weight is 262 g/mol. The Balaban J connectivity index is 1.70. The Morgan fingerprint density at radius 2 is 2.33 bits per heavy atom. The van der Waals surface area contributed by atoms with Crippen LogP contribution in [0.1, 0.15) is 24.8 Å². The van der Waals surface area contributed by atoms with Crippen LogP contribution in [0.2, 0.25) is 0 Å². The maximum atomic E-state index is 12.0. The Hall–Kier alpha value is -1.00. The van der Waals surface area contributed by atoms with Crippen molar-refractivity contribution in [3.8, 4) is 0 Å². The van der Waals surface area contributed by atoms with Crippen molar-refractivity contribution in [2.45, 2.75) is 36.6 Å². The Bertz CT molecular complexity index is 455. The van der Waals surface area contributed by atoms with E-state index in [0.717, 1.165) is 31.5 Å². The Morgan fingerprint density at radius 1 is 1.39 bits per heavy atom. The summed E-state index contributed by atoms with van der Waals surface area (Å²) in [5, 5.41) is 6.25. The van der Waals surface area contributed by atoms with Gasteiger partial charge < -0.3 is 10.6 Å². The molecular weight excluding hydrogens is 244 g/mol. The summed E-state index contributed by atoms with van der Waals surface area (Å²) < 4.78 is 0. The summed E-state index contributed by atoms with van der Waals surface area (Å²) in [6, 6.07) is 6.28. The van der Waals surface area contributed by atoms with Crippen LogP contribution in [0.15, 0.2) is 23.1 Å². The highest BCUT2D eigenvalue weighted by Gasteiger charge is 2.22. The molecule has 1 unspecified atom stereocenters. The minimum Gasteiger partial charge on any atom is -0.325 e. The monoisotopic (exact) mass is 262 g/mol. The topological polar surface area (TPSA) is 41.1 Å². The molecule has 1 amide bonds. The smallest absolute Gasteiger partial charge is 0.241 e. The molecule has 0 spiro atoms. The first-order valence-electron chi connectivity index (χ1n) is 6.63. The van der Waals surface area contributed by atoms with E-state index in [1.54, 1.807) is 0 Å². The molecule has 0 saturated carbocycles. The Kier molecular flexibility index (Phi) is 3.57. The van der Waals surface area contributed by atoms with Gasteiger partial charge in [0.1, 0.15) is 0 Å². The van der Waals surface area contributed by atoms with Crippen molar-refractivity contribution in [2.24, 2.45) is 0 Å². The van der Waals surface area contributed by atoms with Crippen LogP contribution in [0.3, 0.4) is 0 Å². The van der Waals surface area contributed by atoms with E-state index < -0.39 is 0 Å². The lowest BCUT2D eigenvalue weighted by Gasteiger charge is -2.17. The maximum absolute atomic E-state index is 12.0. The molecule has 3 rings (SSSR count). The summed E-state index contributed by atoms with van der Waals surface area (Å²) in [7, 11) is 0. The number of benzene rings is 1. The highest BCUT2D eigenvalue weighted by atomic mass is 32.2. The normalized spacial score (nSPS) is 22.6. The van der Waals surface area contributed by atoms with E-state index in [2.05, 4.69) is 22.8 Å². The number of carbonyl (C=O) groups excluding carboxylic acids is 1. The standard InChI is InChI=1S/C14H18N2OS/c17-14(12-4-1-7-15-12)16-11-5-6-13-10(9-11)3-2-8-18-13/h5-6,9,12,15H,1-4,7-8H2,(H,16,17). The SMILES string of the molecule is O=C(Nc1ccc2c(c1)CCCS2)C1CCCN1. The molecule has 2 aliphatic heterocycles. The van der Waals surface area contributed by atoms with Gasteiger partial charge in [0, 0.05) is 10.6 Å². The molecule has 2 aliphatic rings. The van der Waals surface area contributed by atoms with Gasteiger partial charge in [0.15, 0.2) is 0 Å². The van der Waals surface area contributed by atoms with Crippen LogP contribution in [-0.4, -0.2) is 24.2 Å². The van der Waals surface area contributed by atoms with Crippen LogP contribution in [0.25, 0.3) is 0 Å². The summed E-state index contributed by atoms with van der Waals surface area (Å²) in [5.74, 6) is 1.32. The highest BCUT2D eigenvalue weighted by molar-refractivity contribution is 7.99. The minimum atomic E-state index is -0.00425. The number of thioether (sulfide) groups is 1. The van der Waals surface area contributed by atoms with Gasteiger partial charge in [-0.1, -0.05) is 0 Å². The zero-order valence-corrected chi connectivity index (χ0v) is 11.2. The number of anilines is 1. The minimum absolute atomic E-state index is 0.00425. The zero-order chi connectivity index (χ0) is 12.4. The van der Waals surface area contributed by atoms with Gasteiger partial charge in [0.05, 0.1) is 6.04 Å². The fourth-order valence-corrected chi connectivity index (χ4v) is 3.60. The van der Waals surface area contributed by atoms with E-state index in [4.69, 9.17) is 0 Å². The molecule has 2 N–H and O–H groups in total. The Morgan fingerprint density at radius 3 is 3.17 bits per heavy atom. The van der Waals surface area contributed by atoms with Gasteiger partial charge in [-0.2, -0.15) is 0 Å². The summed E-state index contributed by atoms with van der Waals surface area (Å²) in [4.78, 5) is 13.4. The first-order valence-corrected chi connectivity index (χ1v) is 7.61. The maximum Gasteiger partial charge on any atom is 0.241 e. The summed E-state index contributed by atoms with van der Waals surface area (Å²) in [6.45, 7) is 0.957. The lowest BCUT2D eigenvalue weighted by atomic mass is 10.1. The van der Waals surface area contributed by atoms with Crippen molar-refractivity contribution in [1.82, 2.24) is 5.32 Å². The van der Waals surface area contributed by atoms with Gasteiger partial charge in [-0.05, 0) is 61.7 Å². The quantitative estimate of drug-likeness (QED) is 0.860. The number of amides is 1. The van der Waals surface area contributed by atoms with Crippen LogP contribution in [0.4, 0.5) is 5.69 Å². The molecule has 0 bridgehead atoms. The number of rotatable bonds is 2. The van der Waals surface area contributed by atoms with Crippen LogP contribution in [-0.2, 0) is 11.2 Å². The molecule has 2 heterocycles. The van der Waals surface area contributed by atoms with Gasteiger partial charge in [-0.15, -0.1) is 11.8 Å². The number of hydrogen-bond acceptors (Lipinski definition) is 3. The third-order valence-corrected chi connectivity index (χ3v) is 4.75. The lowest BCUT2D eigenvalue weighted by Crippen LogP contribution is -2.35. The molecule has 3 nitrogen and oxygen atoms in total. The second-order valence-corrected chi connectivity index (χ2v) is 6.05. The van der Waals surface area contributed by atoms with Crippen LogP contribution < -0.4 is 10.6 Å². The van der Waals surface area contributed by atoms with Gasteiger partial charge in [0.25, 0.3) is 0 Å². The predicted octanol–water partition coefficient (Wildman–Crippen LogP) is 2.42. The van der Waals surface area contributed by atoms with Crippen molar-refractivity contribution < 1.29 is 4.79 Å². The molecule has 1 aromatic rings. The average Bonchev–Trinajstić information content (AvgIpc) is 2.92. The molecule has 1 fully saturated rings. The van der Waals surface area contributed by atoms with E-state index in [1.807, 2.05) is 17.8 Å². The van der Waals surface area contributed by atoms with E-state index >= 15 is 0 Å². The molecule has 0 aromatic heterocycles. The molecule has 96 valence electrons. The summed E-state index contributed by atoms with van der Waals surface area (Å²) >= 11 is 1.92. The van der Waals surface area contributed by atoms with Gasteiger partial charge in [-0.25, -0.2) is 0 Å². The first kappa shape index (κ1) is 12.1. The van der Waals surface area contributed by atoms with Crippen molar-refractivity contribution in [2.75, 3.05) is 17.6 Å². The number of hydrogen-bond donors (Lipinski definition) is 2. The second kappa shape index (κ2) is 5.33. The number of aryl methyl sites for hydroxylation is 1. The lowest BCUT2D eigenvalue weighted by molar-refractivity contribution is -0.117. The van der Waals surface area contributed by atoms with E-state index in [-0.39, 0.29) is 11.9 Å². The third kappa shape index (κ3) is 2.54. The van der Waals surface area contributed by atoms with E-state index in [9.17, 15) is 4.79 Å². The van der Waals surface area contributed by atoms with Crippen molar-refractivity contribution in [3.05, 3.63) is 23.8 Å². The summed E-state index contributed by atoms with van der Waals surface area (Å²) in [6.07, 6.45) is 4.42. The van der Waals surface area contributed by atoms with E-state index in [1.165, 1.54) is 22.6 Å². The fourth-order valence-electron chi connectivity index (χ4n) is 2.58. The molecular formula is C14H18N2OS. The highest BCUT2D eigenvalue weighted by Crippen LogP contribution is 2.31. The predicted molar refractivity (Wildman–Crippen MR) is 75.1 cm³/mol.